The average Bonchev–Trinajstić information content (AvgIpc) is 3.41. The van der Waals surface area contributed by atoms with Gasteiger partial charge in [-0.2, -0.15) is 0 Å². The molecule has 49 heavy (non-hydrogen) atoms. The highest BCUT2D eigenvalue weighted by molar-refractivity contribution is 5.98. The third kappa shape index (κ3) is 5.03. The van der Waals surface area contributed by atoms with E-state index in [0.717, 1.165) is 39.2 Å². The van der Waals surface area contributed by atoms with Crippen molar-refractivity contribution in [3.63, 3.8) is 0 Å². The summed E-state index contributed by atoms with van der Waals surface area (Å²) in [4.78, 5) is 14.4. The Morgan fingerprint density at radius 3 is 1.73 bits per heavy atom. The summed E-state index contributed by atoms with van der Waals surface area (Å²) in [5.74, 6) is 0.710. The average molecular weight is 628 g/mol. The van der Waals surface area contributed by atoms with Crippen molar-refractivity contribution in [2.24, 2.45) is 0 Å². The zero-order valence-electron chi connectivity index (χ0n) is 27.4. The van der Waals surface area contributed by atoms with Crippen LogP contribution < -0.4 is 0 Å². The van der Waals surface area contributed by atoms with Gasteiger partial charge < -0.3 is 0 Å². The van der Waals surface area contributed by atoms with Crippen LogP contribution >= 0.6 is 0 Å². The Balaban J connectivity index is 1.08. The number of fused-ring (bicyclic) bond motifs is 5. The van der Waals surface area contributed by atoms with Crippen molar-refractivity contribution in [2.45, 2.75) is 19.3 Å². The lowest BCUT2D eigenvalue weighted by Crippen LogP contribution is -2.15. The molecule has 3 heteroatoms. The van der Waals surface area contributed by atoms with Gasteiger partial charge in [-0.3, -0.25) is 4.98 Å². The highest BCUT2D eigenvalue weighted by Gasteiger charge is 2.37. The molecule has 0 saturated carbocycles. The van der Waals surface area contributed by atoms with E-state index >= 15 is 0 Å². The number of benzene rings is 6. The fourth-order valence-electron chi connectivity index (χ4n) is 7.44. The number of rotatable bonds is 5. The van der Waals surface area contributed by atoms with Crippen molar-refractivity contribution < 1.29 is 0 Å². The fraction of sp³-hybridized carbons (Fsp3) is 0.0652. The molecule has 0 unspecified atom stereocenters. The van der Waals surface area contributed by atoms with E-state index in [1.54, 1.807) is 6.20 Å². The summed E-state index contributed by atoms with van der Waals surface area (Å²) >= 11 is 0. The summed E-state index contributed by atoms with van der Waals surface area (Å²) in [7, 11) is 0. The topological polar surface area (TPSA) is 38.7 Å². The minimum absolute atomic E-state index is 0.0944. The largest absolute Gasteiger partial charge is 0.264 e. The van der Waals surface area contributed by atoms with E-state index in [2.05, 4.69) is 146 Å². The Morgan fingerprint density at radius 2 is 1.04 bits per heavy atom. The van der Waals surface area contributed by atoms with Crippen molar-refractivity contribution in [1.82, 2.24) is 15.0 Å². The molecule has 9 rings (SSSR count). The van der Waals surface area contributed by atoms with Crippen molar-refractivity contribution in [2.75, 3.05) is 0 Å². The minimum atomic E-state index is -0.0944. The zero-order valence-corrected chi connectivity index (χ0v) is 27.4. The van der Waals surface area contributed by atoms with Gasteiger partial charge in [-0.15, -0.1) is 0 Å². The molecule has 1 aliphatic carbocycles. The Hall–Kier alpha value is -6.19. The lowest BCUT2D eigenvalue weighted by Gasteiger charge is -2.23. The second-order valence-corrected chi connectivity index (χ2v) is 13.3. The van der Waals surface area contributed by atoms with Gasteiger partial charge in [-0.25, -0.2) is 9.97 Å². The molecule has 0 amide bonds. The predicted octanol–water partition coefficient (Wildman–Crippen LogP) is 11.7. The SMILES string of the molecule is CC1(C)c2cc(-c3ccc(-c4cc(-c5ccc(-c6cccnc6)cc5)nc(-c5ccccc5)n4)cc3)ccc2-c2ccc3ccccc3c21. The van der Waals surface area contributed by atoms with Crippen LogP contribution in [0.1, 0.15) is 25.0 Å². The van der Waals surface area contributed by atoms with E-state index < -0.39 is 0 Å². The summed E-state index contributed by atoms with van der Waals surface area (Å²) < 4.78 is 0. The highest BCUT2D eigenvalue weighted by atomic mass is 14.9. The molecule has 2 heterocycles. The molecule has 8 aromatic rings. The van der Waals surface area contributed by atoms with Gasteiger partial charge in [-0.1, -0.05) is 147 Å². The number of hydrogen-bond acceptors (Lipinski definition) is 3. The lowest BCUT2D eigenvalue weighted by atomic mass is 9.79. The molecule has 0 N–H and O–H groups in total. The Morgan fingerprint density at radius 1 is 0.449 bits per heavy atom. The number of aromatic nitrogens is 3. The molecule has 0 aliphatic heterocycles. The molecular weight excluding hydrogens is 595 g/mol. The molecule has 0 spiro atoms. The monoisotopic (exact) mass is 627 g/mol. The van der Waals surface area contributed by atoms with Crippen LogP contribution in [-0.4, -0.2) is 15.0 Å². The first kappa shape index (κ1) is 29.0. The molecule has 2 aromatic heterocycles. The second kappa shape index (κ2) is 11.5. The van der Waals surface area contributed by atoms with Crippen LogP contribution in [0.25, 0.3) is 78.1 Å². The van der Waals surface area contributed by atoms with Crippen LogP contribution in [0.15, 0.2) is 164 Å². The zero-order chi connectivity index (χ0) is 33.0. The van der Waals surface area contributed by atoms with Crippen LogP contribution in [0.5, 0.6) is 0 Å². The quantitative estimate of drug-likeness (QED) is 0.191. The van der Waals surface area contributed by atoms with Crippen LogP contribution in [0, 0.1) is 0 Å². The maximum Gasteiger partial charge on any atom is 0.160 e. The molecule has 232 valence electrons. The highest BCUT2D eigenvalue weighted by Crippen LogP contribution is 2.52. The van der Waals surface area contributed by atoms with Crippen LogP contribution in [0.4, 0.5) is 0 Å². The van der Waals surface area contributed by atoms with Gasteiger partial charge >= 0.3 is 0 Å². The predicted molar refractivity (Wildman–Crippen MR) is 202 cm³/mol. The van der Waals surface area contributed by atoms with Crippen LogP contribution in [0.2, 0.25) is 0 Å². The fourth-order valence-corrected chi connectivity index (χ4v) is 7.44. The van der Waals surface area contributed by atoms with Gasteiger partial charge in [0.05, 0.1) is 11.4 Å². The van der Waals surface area contributed by atoms with Gasteiger partial charge in [0.2, 0.25) is 0 Å². The molecular formula is C46H33N3. The van der Waals surface area contributed by atoms with Crippen molar-refractivity contribution in [1.29, 1.82) is 0 Å². The summed E-state index contributed by atoms with van der Waals surface area (Å²) in [5.41, 5.74) is 14.9. The third-order valence-corrected chi connectivity index (χ3v) is 9.98. The third-order valence-electron chi connectivity index (χ3n) is 9.98. The standard InChI is InChI=1S/C46H33N3/c1-46(2)41-27-36(23-24-39(41)40-25-22-32-9-6-7-13-38(32)44(40)46)30-14-18-33(19-15-30)42-28-43(49-45(48-42)35-10-4-3-5-11-35)34-20-16-31(17-21-34)37-12-8-26-47-29-37/h3-29H,1-2H3. The van der Waals surface area contributed by atoms with Crippen molar-refractivity contribution in [3.8, 4) is 67.3 Å². The summed E-state index contributed by atoms with van der Waals surface area (Å²) in [5, 5.41) is 2.64. The Kier molecular flexibility index (Phi) is 6.80. The maximum absolute atomic E-state index is 5.06. The molecule has 0 bridgehead atoms. The smallest absolute Gasteiger partial charge is 0.160 e. The van der Waals surface area contributed by atoms with Gasteiger partial charge in [0.25, 0.3) is 0 Å². The van der Waals surface area contributed by atoms with Gasteiger partial charge in [-0.05, 0) is 73.5 Å². The summed E-state index contributed by atoms with van der Waals surface area (Å²) in [6.07, 6.45) is 3.68. The molecule has 0 fully saturated rings. The van der Waals surface area contributed by atoms with Gasteiger partial charge in [0.1, 0.15) is 0 Å². The van der Waals surface area contributed by atoms with Crippen molar-refractivity contribution >= 4 is 10.8 Å². The molecule has 0 atom stereocenters. The molecule has 0 radical (unpaired) electrons. The first-order valence-corrected chi connectivity index (χ1v) is 16.8. The minimum Gasteiger partial charge on any atom is -0.264 e. The Labute approximate surface area is 286 Å². The molecule has 6 aromatic carbocycles. The van der Waals surface area contributed by atoms with Gasteiger partial charge in [0.15, 0.2) is 5.82 Å². The molecule has 3 nitrogen and oxygen atoms in total. The number of pyridine rings is 1. The van der Waals surface area contributed by atoms with E-state index in [-0.39, 0.29) is 5.41 Å². The van der Waals surface area contributed by atoms with Gasteiger partial charge in [0, 0.05) is 34.5 Å². The summed E-state index contributed by atoms with van der Waals surface area (Å²) in [6.45, 7) is 4.72. The second-order valence-electron chi connectivity index (χ2n) is 13.3. The normalized spacial score (nSPS) is 12.9. The van der Waals surface area contributed by atoms with E-state index in [4.69, 9.17) is 9.97 Å². The van der Waals surface area contributed by atoms with E-state index in [1.165, 1.54) is 44.2 Å². The van der Waals surface area contributed by atoms with E-state index in [0.29, 0.717) is 5.82 Å². The number of nitrogens with zero attached hydrogens (tertiary/aromatic N) is 3. The molecule has 0 saturated heterocycles. The van der Waals surface area contributed by atoms with E-state index in [9.17, 15) is 0 Å². The van der Waals surface area contributed by atoms with Crippen LogP contribution in [0.3, 0.4) is 0 Å². The Bertz CT molecular complexity index is 2480. The van der Waals surface area contributed by atoms with Crippen molar-refractivity contribution in [3.05, 3.63) is 175 Å². The lowest BCUT2D eigenvalue weighted by molar-refractivity contribution is 0.666. The number of hydrogen-bond donors (Lipinski definition) is 0. The van der Waals surface area contributed by atoms with Crippen LogP contribution in [-0.2, 0) is 5.41 Å². The first-order chi connectivity index (χ1) is 24.0. The summed E-state index contributed by atoms with van der Waals surface area (Å²) in [6, 6.07) is 53.9. The first-order valence-electron chi connectivity index (χ1n) is 16.8. The van der Waals surface area contributed by atoms with E-state index in [1.807, 2.05) is 30.5 Å². The molecule has 1 aliphatic rings. The maximum atomic E-state index is 5.06.